The van der Waals surface area contributed by atoms with E-state index in [-0.39, 0.29) is 64.8 Å². The van der Waals surface area contributed by atoms with Crippen LogP contribution in [-0.4, -0.2) is 67.2 Å². The molecule has 2 amide bonds. The molecule has 1 saturated heterocycles. The van der Waals surface area contributed by atoms with Crippen molar-refractivity contribution in [1.29, 1.82) is 0 Å². The van der Waals surface area contributed by atoms with Gasteiger partial charge in [0.1, 0.15) is 34.6 Å². The second-order valence-electron chi connectivity index (χ2n) is 13.7. The van der Waals surface area contributed by atoms with E-state index in [1.165, 1.54) is 11.5 Å². The number of hydrogen-bond donors (Lipinski definition) is 0. The summed E-state index contributed by atoms with van der Waals surface area (Å²) >= 11 is 1.14. The van der Waals surface area contributed by atoms with Crippen LogP contribution in [0, 0.1) is 23.4 Å². The molecule has 3 atom stereocenters. The van der Waals surface area contributed by atoms with E-state index >= 15 is 8.78 Å². The van der Waals surface area contributed by atoms with Crippen LogP contribution in [0.3, 0.4) is 0 Å². The van der Waals surface area contributed by atoms with Gasteiger partial charge < -0.3 is 19.1 Å². The lowest BCUT2D eigenvalue weighted by Gasteiger charge is -2.38. The highest BCUT2D eigenvalue weighted by molar-refractivity contribution is 7.17. The summed E-state index contributed by atoms with van der Waals surface area (Å²) in [4.78, 5) is 33.6. The van der Waals surface area contributed by atoms with Crippen LogP contribution in [0.2, 0.25) is 0 Å². The van der Waals surface area contributed by atoms with Crippen LogP contribution in [0.1, 0.15) is 32.0 Å². The highest BCUT2D eigenvalue weighted by Crippen LogP contribution is 2.48. The van der Waals surface area contributed by atoms with Gasteiger partial charge in [0, 0.05) is 90.1 Å². The molecule has 1 fully saturated rings. The van der Waals surface area contributed by atoms with Crippen molar-refractivity contribution >= 4 is 44.1 Å². The van der Waals surface area contributed by atoms with E-state index in [2.05, 4.69) is 6.58 Å². The summed E-state index contributed by atoms with van der Waals surface area (Å²) in [6, 6.07) is 10.8. The van der Waals surface area contributed by atoms with Crippen molar-refractivity contribution in [1.82, 2.24) is 29.1 Å². The zero-order chi connectivity index (χ0) is 36.6. The third-order valence-electron chi connectivity index (χ3n) is 10.2. The van der Waals surface area contributed by atoms with Gasteiger partial charge in [-0.05, 0) is 44.2 Å². The van der Waals surface area contributed by atoms with E-state index in [1.807, 2.05) is 55.9 Å². The molecule has 6 aromatic rings. The van der Waals surface area contributed by atoms with E-state index in [9.17, 15) is 14.0 Å². The summed E-state index contributed by atoms with van der Waals surface area (Å²) in [5.41, 5.74) is 3.31. The van der Waals surface area contributed by atoms with Crippen LogP contribution in [0.5, 0.6) is 5.75 Å². The van der Waals surface area contributed by atoms with Gasteiger partial charge in [-0.25, -0.2) is 18.2 Å². The number of pyridine rings is 1. The molecule has 9 nitrogen and oxygen atoms in total. The summed E-state index contributed by atoms with van der Waals surface area (Å²) in [6.07, 6.45) is 3.47. The van der Waals surface area contributed by atoms with Gasteiger partial charge in [0.15, 0.2) is 0 Å². The Morgan fingerprint density at radius 1 is 1.04 bits per heavy atom. The average molecular weight is 725 g/mol. The van der Waals surface area contributed by atoms with Crippen molar-refractivity contribution < 1.29 is 27.5 Å². The van der Waals surface area contributed by atoms with Crippen molar-refractivity contribution in [3.8, 4) is 39.5 Å². The smallest absolute Gasteiger partial charge is 0.246 e. The van der Waals surface area contributed by atoms with Crippen LogP contribution in [0.25, 0.3) is 54.8 Å². The Morgan fingerprint density at radius 2 is 1.85 bits per heavy atom. The highest BCUT2D eigenvalue weighted by Gasteiger charge is 2.35. The lowest BCUT2D eigenvalue weighted by molar-refractivity contribution is -0.132. The van der Waals surface area contributed by atoms with Gasteiger partial charge in [-0.1, -0.05) is 12.6 Å². The minimum atomic E-state index is -0.961. The summed E-state index contributed by atoms with van der Waals surface area (Å²) in [7, 11) is 3.64. The Kier molecular flexibility index (Phi) is 8.20. The van der Waals surface area contributed by atoms with E-state index in [0.717, 1.165) is 39.9 Å². The Balaban J connectivity index is 1.38. The first-order valence-corrected chi connectivity index (χ1v) is 17.9. The van der Waals surface area contributed by atoms with Crippen molar-refractivity contribution in [2.45, 2.75) is 38.9 Å². The maximum absolute atomic E-state index is 16.4. The van der Waals surface area contributed by atoms with Crippen molar-refractivity contribution in [3.05, 3.63) is 89.8 Å². The van der Waals surface area contributed by atoms with Gasteiger partial charge in [0.2, 0.25) is 11.8 Å². The number of halogens is 3. The van der Waals surface area contributed by atoms with Crippen molar-refractivity contribution in [2.75, 3.05) is 20.2 Å². The van der Waals surface area contributed by atoms with Gasteiger partial charge >= 0.3 is 0 Å². The summed E-state index contributed by atoms with van der Waals surface area (Å²) in [5.74, 6) is -3.04. The van der Waals surface area contributed by atoms with Gasteiger partial charge in [0.25, 0.3) is 0 Å². The molecule has 13 heteroatoms. The number of aryl methyl sites for hydroxylation is 1. The van der Waals surface area contributed by atoms with Gasteiger partial charge in [0.05, 0.1) is 40.8 Å². The lowest BCUT2D eigenvalue weighted by atomic mass is 9.94. The number of rotatable bonds is 7. The molecule has 2 aromatic carbocycles. The molecule has 2 aliphatic heterocycles. The first-order valence-electron chi connectivity index (χ1n) is 17.0. The Morgan fingerprint density at radius 3 is 2.60 bits per heavy atom. The second kappa shape index (κ2) is 12.7. The molecule has 0 aliphatic carbocycles. The first kappa shape index (κ1) is 33.7. The molecule has 0 radical (unpaired) electrons. The fraction of sp³-hybridized carbons (Fsp3) is 0.282. The van der Waals surface area contributed by atoms with Crippen molar-refractivity contribution in [2.24, 2.45) is 13.0 Å². The zero-order valence-corrected chi connectivity index (χ0v) is 29.8. The number of hydrogen-bond acceptors (Lipinski definition) is 6. The standard InChI is InChI=1S/C39H35F3N6O3S/c1-6-32(49)48-20(2)16-47-30(21(48)3)15-28(44-47)38-36(34-26(41)13-25(40)14-31(34)51-18-22-11-33(50)46(5)17-22)35-27(42)19-52-39(35)37(43-38)24-7-8-29-23(12-24)9-10-45(29)4/h6-10,12-15,19-22H,1,11,16-18H2,2-5H3/t20-,21+,22+/m0/s1. The quantitative estimate of drug-likeness (QED) is 0.157. The fourth-order valence-corrected chi connectivity index (χ4v) is 8.65. The van der Waals surface area contributed by atoms with E-state index < -0.39 is 23.5 Å². The Labute approximate surface area is 301 Å². The monoisotopic (exact) mass is 724 g/mol. The predicted octanol–water partition coefficient (Wildman–Crippen LogP) is 7.74. The Hall–Kier alpha value is -5.43. The molecule has 4 aromatic heterocycles. The van der Waals surface area contributed by atoms with E-state index in [0.29, 0.717) is 34.9 Å². The van der Waals surface area contributed by atoms with Crippen LogP contribution < -0.4 is 4.74 Å². The summed E-state index contributed by atoms with van der Waals surface area (Å²) in [6.45, 7) is 8.30. The molecule has 0 spiro atoms. The minimum absolute atomic E-state index is 0.0144. The van der Waals surface area contributed by atoms with Crippen LogP contribution in [-0.2, 0) is 23.2 Å². The fourth-order valence-electron chi connectivity index (χ4n) is 7.72. The maximum Gasteiger partial charge on any atom is 0.246 e. The number of aromatic nitrogens is 4. The maximum atomic E-state index is 16.4. The molecule has 52 heavy (non-hydrogen) atoms. The van der Waals surface area contributed by atoms with Crippen LogP contribution >= 0.6 is 11.3 Å². The lowest BCUT2D eigenvalue weighted by Crippen LogP contribution is -2.46. The average Bonchev–Trinajstić information content (AvgIpc) is 3.89. The number of fused-ring (bicyclic) bond motifs is 3. The number of thiophene rings is 1. The third kappa shape index (κ3) is 5.45. The van der Waals surface area contributed by atoms with E-state index in [4.69, 9.17) is 14.8 Å². The number of carbonyl (C=O) groups is 2. The molecular formula is C39H35F3N6O3S. The topological polar surface area (TPSA) is 85.5 Å². The molecule has 6 heterocycles. The number of benzene rings is 2. The second-order valence-corrected chi connectivity index (χ2v) is 14.6. The van der Waals surface area contributed by atoms with Gasteiger partial charge in [-0.3, -0.25) is 14.3 Å². The molecule has 0 bridgehead atoms. The molecule has 2 aliphatic rings. The molecule has 266 valence electrons. The molecule has 0 saturated carbocycles. The van der Waals surface area contributed by atoms with Gasteiger partial charge in [-0.15, -0.1) is 11.3 Å². The SMILES string of the molecule is C=CC(=O)N1[C@H](C)c2cc(-c3nc(-c4ccc5c(ccn5C)c4)c4scc(F)c4c3-c3c(F)cc(F)cc3OC[C@@H]3CC(=O)N(C)C3)nn2C[C@@H]1C. The van der Waals surface area contributed by atoms with Crippen LogP contribution in [0.4, 0.5) is 13.2 Å². The number of carbonyl (C=O) groups excluding carboxylic acids is 2. The van der Waals surface area contributed by atoms with Crippen molar-refractivity contribution in [3.63, 3.8) is 0 Å². The van der Waals surface area contributed by atoms with Crippen LogP contribution in [0.15, 0.2) is 66.7 Å². The number of likely N-dealkylation sites (tertiary alicyclic amines) is 1. The van der Waals surface area contributed by atoms with E-state index in [1.54, 1.807) is 27.6 Å². The number of amides is 2. The number of ether oxygens (including phenoxy) is 1. The third-order valence-corrected chi connectivity index (χ3v) is 11.2. The number of nitrogens with zero attached hydrogens (tertiary/aromatic N) is 6. The largest absolute Gasteiger partial charge is 0.492 e. The first-order chi connectivity index (χ1) is 24.9. The summed E-state index contributed by atoms with van der Waals surface area (Å²) in [5, 5.41) is 7.34. The molecular weight excluding hydrogens is 690 g/mol. The van der Waals surface area contributed by atoms with Gasteiger partial charge in [-0.2, -0.15) is 5.10 Å². The molecule has 0 N–H and O–H groups in total. The molecule has 8 rings (SSSR count). The minimum Gasteiger partial charge on any atom is -0.492 e. The molecule has 0 unspecified atom stereocenters. The highest BCUT2D eigenvalue weighted by atomic mass is 32.1. The Bertz CT molecular complexity index is 2450. The predicted molar refractivity (Wildman–Crippen MR) is 194 cm³/mol. The summed E-state index contributed by atoms with van der Waals surface area (Å²) < 4.78 is 58.1. The zero-order valence-electron chi connectivity index (χ0n) is 29.0. The normalized spacial score (nSPS) is 18.8.